The zero-order valence-electron chi connectivity index (χ0n) is 9.84. The first-order valence-electron chi connectivity index (χ1n) is 5.17. The number of carbonyl (C=O) groups excluding carboxylic acids is 1. The summed E-state index contributed by atoms with van der Waals surface area (Å²) in [5.74, 6) is 0. The fraction of sp³-hybridized carbons (Fsp3) is 0.364. The third-order valence-corrected chi connectivity index (χ3v) is 2.23. The summed E-state index contributed by atoms with van der Waals surface area (Å²) in [6.45, 7) is 1.38. The Balaban J connectivity index is 2.83. The first-order chi connectivity index (χ1) is 8.04. The molecule has 0 bridgehead atoms. The molecular weight excluding hydrogens is 222 g/mol. The van der Waals surface area contributed by atoms with Crippen molar-refractivity contribution >= 4 is 17.7 Å². The van der Waals surface area contributed by atoms with Gasteiger partial charge in [0.25, 0.3) is 5.69 Å². The first kappa shape index (κ1) is 13.1. The van der Waals surface area contributed by atoms with Crippen LogP contribution in [-0.2, 0) is 0 Å². The Labute approximate surface area is 99.4 Å². The Morgan fingerprint density at radius 3 is 2.71 bits per heavy atom. The van der Waals surface area contributed by atoms with Gasteiger partial charge in [0.05, 0.1) is 4.92 Å². The molecule has 0 aliphatic heterocycles. The molecule has 1 aromatic rings. The molecule has 6 nitrogen and oxygen atoms in total. The van der Waals surface area contributed by atoms with Crippen molar-refractivity contribution < 1.29 is 9.72 Å². The summed E-state index contributed by atoms with van der Waals surface area (Å²) in [6.07, 6.45) is 0.594. The predicted molar refractivity (Wildman–Crippen MR) is 65.5 cm³/mol. The van der Waals surface area contributed by atoms with Crippen molar-refractivity contribution in [3.63, 3.8) is 0 Å². The Kier molecular flexibility index (Phi) is 4.59. The van der Waals surface area contributed by atoms with Crippen LogP contribution in [0.3, 0.4) is 0 Å². The fourth-order valence-corrected chi connectivity index (χ4v) is 1.34. The number of nitrogens with zero attached hydrogens (tertiary/aromatic N) is 2. The van der Waals surface area contributed by atoms with E-state index in [1.54, 1.807) is 12.1 Å². The van der Waals surface area contributed by atoms with Crippen molar-refractivity contribution in [2.24, 2.45) is 0 Å². The molecule has 0 atom stereocenters. The lowest BCUT2D eigenvalue weighted by Crippen LogP contribution is -2.21. The van der Waals surface area contributed by atoms with Crippen LogP contribution < -0.4 is 5.32 Å². The molecular formula is C11H15N3O3. The molecule has 92 valence electrons. The van der Waals surface area contributed by atoms with Gasteiger partial charge in [0.15, 0.2) is 0 Å². The van der Waals surface area contributed by atoms with Gasteiger partial charge in [-0.1, -0.05) is 0 Å². The highest BCUT2D eigenvalue weighted by atomic mass is 16.6. The van der Waals surface area contributed by atoms with Gasteiger partial charge in [0, 0.05) is 24.7 Å². The van der Waals surface area contributed by atoms with Crippen LogP contribution in [-0.4, -0.2) is 43.3 Å². The number of hydrogen-bond donors (Lipinski definition) is 1. The minimum atomic E-state index is -0.495. The molecule has 0 spiro atoms. The van der Waals surface area contributed by atoms with Gasteiger partial charge in [-0.05, 0) is 26.2 Å². The van der Waals surface area contributed by atoms with Crippen LogP contribution in [0.15, 0.2) is 18.2 Å². The molecule has 6 heteroatoms. The summed E-state index contributed by atoms with van der Waals surface area (Å²) >= 11 is 0. The maximum atomic E-state index is 10.8. The van der Waals surface area contributed by atoms with Crippen molar-refractivity contribution in [3.05, 3.63) is 33.9 Å². The van der Waals surface area contributed by atoms with Gasteiger partial charge in [-0.25, -0.2) is 0 Å². The standard InChI is InChI=1S/C11H15N3O3/c1-13(2)6-5-12-10-4-3-9(8-15)7-11(10)14(16)17/h3-4,7-8,12H,5-6H2,1-2H3. The van der Waals surface area contributed by atoms with Crippen LogP contribution in [0.2, 0.25) is 0 Å². The number of aldehydes is 1. The molecule has 0 heterocycles. The molecule has 0 fully saturated rings. The van der Waals surface area contributed by atoms with Gasteiger partial charge in [-0.3, -0.25) is 14.9 Å². The number of nitro benzene ring substituents is 1. The smallest absolute Gasteiger partial charge is 0.293 e. The third kappa shape index (κ3) is 3.84. The van der Waals surface area contributed by atoms with E-state index < -0.39 is 4.92 Å². The average molecular weight is 237 g/mol. The monoisotopic (exact) mass is 237 g/mol. The maximum absolute atomic E-state index is 10.8. The molecule has 0 saturated carbocycles. The van der Waals surface area contributed by atoms with E-state index in [2.05, 4.69) is 5.32 Å². The summed E-state index contributed by atoms with van der Waals surface area (Å²) in [6, 6.07) is 4.38. The lowest BCUT2D eigenvalue weighted by molar-refractivity contribution is -0.384. The predicted octanol–water partition coefficient (Wildman–Crippen LogP) is 1.38. The van der Waals surface area contributed by atoms with Crippen molar-refractivity contribution in [1.29, 1.82) is 0 Å². The number of carbonyl (C=O) groups is 1. The van der Waals surface area contributed by atoms with E-state index in [4.69, 9.17) is 0 Å². The largest absolute Gasteiger partial charge is 0.378 e. The molecule has 0 aliphatic rings. The number of benzene rings is 1. The highest BCUT2D eigenvalue weighted by Crippen LogP contribution is 2.24. The maximum Gasteiger partial charge on any atom is 0.293 e. The Morgan fingerprint density at radius 1 is 1.47 bits per heavy atom. The Morgan fingerprint density at radius 2 is 2.18 bits per heavy atom. The van der Waals surface area contributed by atoms with Gasteiger partial charge < -0.3 is 10.2 Å². The number of likely N-dealkylation sites (N-methyl/N-ethyl adjacent to an activating group) is 1. The van der Waals surface area contributed by atoms with E-state index in [1.165, 1.54) is 6.07 Å². The van der Waals surface area contributed by atoms with Crippen LogP contribution in [0.25, 0.3) is 0 Å². The second kappa shape index (κ2) is 5.95. The molecule has 1 N–H and O–H groups in total. The van der Waals surface area contributed by atoms with E-state index in [9.17, 15) is 14.9 Å². The topological polar surface area (TPSA) is 75.5 Å². The summed E-state index contributed by atoms with van der Waals surface area (Å²) in [4.78, 5) is 22.8. The van der Waals surface area contributed by atoms with Gasteiger partial charge in [-0.15, -0.1) is 0 Å². The number of hydrogen-bond acceptors (Lipinski definition) is 5. The first-order valence-corrected chi connectivity index (χ1v) is 5.17. The van der Waals surface area contributed by atoms with Crippen molar-refractivity contribution in [2.75, 3.05) is 32.5 Å². The SMILES string of the molecule is CN(C)CCNc1ccc(C=O)cc1[N+](=O)[O-]. The minimum absolute atomic E-state index is 0.0756. The highest BCUT2D eigenvalue weighted by molar-refractivity contribution is 5.79. The lowest BCUT2D eigenvalue weighted by Gasteiger charge is -2.11. The second-order valence-electron chi connectivity index (χ2n) is 3.88. The normalized spacial score (nSPS) is 10.3. The highest BCUT2D eigenvalue weighted by Gasteiger charge is 2.13. The minimum Gasteiger partial charge on any atom is -0.378 e. The lowest BCUT2D eigenvalue weighted by atomic mass is 10.2. The second-order valence-corrected chi connectivity index (χ2v) is 3.88. The Bertz CT molecular complexity index is 418. The number of nitro groups is 1. The van der Waals surface area contributed by atoms with Crippen molar-refractivity contribution in [2.45, 2.75) is 0 Å². The third-order valence-electron chi connectivity index (χ3n) is 2.23. The van der Waals surface area contributed by atoms with Gasteiger partial charge >= 0.3 is 0 Å². The van der Waals surface area contributed by atoms with Gasteiger partial charge in [0.1, 0.15) is 12.0 Å². The van der Waals surface area contributed by atoms with Crippen LogP contribution in [0.1, 0.15) is 10.4 Å². The fourth-order valence-electron chi connectivity index (χ4n) is 1.34. The molecule has 0 aliphatic carbocycles. The van der Waals surface area contributed by atoms with E-state index >= 15 is 0 Å². The zero-order valence-corrected chi connectivity index (χ0v) is 9.84. The quantitative estimate of drug-likeness (QED) is 0.459. The molecule has 0 saturated heterocycles. The summed E-state index contributed by atoms with van der Waals surface area (Å²) in [5.41, 5.74) is 0.658. The summed E-state index contributed by atoms with van der Waals surface area (Å²) < 4.78 is 0. The summed E-state index contributed by atoms with van der Waals surface area (Å²) in [7, 11) is 3.84. The van der Waals surface area contributed by atoms with E-state index in [-0.39, 0.29) is 5.69 Å². The molecule has 1 aromatic carbocycles. The molecule has 17 heavy (non-hydrogen) atoms. The molecule has 0 aromatic heterocycles. The zero-order chi connectivity index (χ0) is 12.8. The Hall–Kier alpha value is -1.95. The van der Waals surface area contributed by atoms with Crippen LogP contribution in [0.5, 0.6) is 0 Å². The van der Waals surface area contributed by atoms with Crippen LogP contribution in [0, 0.1) is 10.1 Å². The molecule has 1 rings (SSSR count). The summed E-state index contributed by atoms with van der Waals surface area (Å²) in [5, 5.41) is 13.8. The van der Waals surface area contributed by atoms with Crippen LogP contribution in [0.4, 0.5) is 11.4 Å². The molecule has 0 amide bonds. The van der Waals surface area contributed by atoms with Crippen LogP contribution >= 0.6 is 0 Å². The average Bonchev–Trinajstić information content (AvgIpc) is 2.28. The van der Waals surface area contributed by atoms with Crippen molar-refractivity contribution in [1.82, 2.24) is 4.90 Å². The van der Waals surface area contributed by atoms with E-state index in [1.807, 2.05) is 19.0 Å². The number of anilines is 1. The number of nitrogens with one attached hydrogen (secondary N) is 1. The van der Waals surface area contributed by atoms with E-state index in [0.717, 1.165) is 6.54 Å². The molecule has 0 unspecified atom stereocenters. The number of rotatable bonds is 6. The van der Waals surface area contributed by atoms with Gasteiger partial charge in [0.2, 0.25) is 0 Å². The van der Waals surface area contributed by atoms with Gasteiger partial charge in [-0.2, -0.15) is 0 Å². The van der Waals surface area contributed by atoms with Crippen molar-refractivity contribution in [3.8, 4) is 0 Å². The molecule has 0 radical (unpaired) electrons. The van der Waals surface area contributed by atoms with E-state index in [0.29, 0.717) is 24.1 Å².